The number of para-hydroxylation sites is 1. The normalized spacial score (nSPS) is 16.1. The van der Waals surface area contributed by atoms with Crippen LogP contribution in [0.2, 0.25) is 15.1 Å². The van der Waals surface area contributed by atoms with Gasteiger partial charge in [-0.1, -0.05) is 46.9 Å². The van der Waals surface area contributed by atoms with Crippen LogP contribution in [0.3, 0.4) is 0 Å². The van der Waals surface area contributed by atoms with Crippen LogP contribution >= 0.6 is 34.8 Å². The molecule has 0 bridgehead atoms. The van der Waals surface area contributed by atoms with Crippen LogP contribution < -0.4 is 9.75 Å². The van der Waals surface area contributed by atoms with Gasteiger partial charge in [0.25, 0.3) is 16.0 Å². The first kappa shape index (κ1) is 25.1. The number of azo groups is 1. The fourth-order valence-corrected chi connectivity index (χ4v) is 4.24. The Labute approximate surface area is 215 Å². The molecule has 0 aliphatic carbocycles. The molecule has 0 radical (unpaired) electrons. The lowest BCUT2D eigenvalue weighted by molar-refractivity contribution is -0.117. The molecular formula is C22H15Cl3N4O5S. The van der Waals surface area contributed by atoms with Crippen molar-refractivity contribution in [3.63, 3.8) is 0 Å². The van der Waals surface area contributed by atoms with E-state index in [1.165, 1.54) is 12.1 Å². The van der Waals surface area contributed by atoms with E-state index in [2.05, 4.69) is 15.3 Å². The monoisotopic (exact) mass is 552 g/mol. The summed E-state index contributed by atoms with van der Waals surface area (Å²) in [6, 6.07) is 13.8. The van der Waals surface area contributed by atoms with Crippen LogP contribution in [0.1, 0.15) is 6.92 Å². The van der Waals surface area contributed by atoms with E-state index in [1.54, 1.807) is 43.3 Å². The number of amides is 1. The van der Waals surface area contributed by atoms with Crippen molar-refractivity contribution < 1.29 is 22.5 Å². The third-order valence-corrected chi connectivity index (χ3v) is 6.50. The molecule has 0 spiro atoms. The minimum atomic E-state index is -4.52. The summed E-state index contributed by atoms with van der Waals surface area (Å²) in [7, 11) is -4.52. The zero-order valence-corrected chi connectivity index (χ0v) is 20.8. The Morgan fingerprint density at radius 2 is 1.74 bits per heavy atom. The zero-order valence-electron chi connectivity index (χ0n) is 17.8. The quantitative estimate of drug-likeness (QED) is 0.274. The van der Waals surface area contributed by atoms with Crippen LogP contribution in [-0.2, 0) is 14.9 Å². The summed E-state index contributed by atoms with van der Waals surface area (Å²) >= 11 is 18.3. The summed E-state index contributed by atoms with van der Waals surface area (Å²) in [6.45, 7) is 1.57. The van der Waals surface area contributed by atoms with Crippen LogP contribution in [-0.4, -0.2) is 30.6 Å². The molecule has 9 nitrogen and oxygen atoms in total. The van der Waals surface area contributed by atoms with E-state index in [4.69, 9.17) is 39.5 Å². The summed E-state index contributed by atoms with van der Waals surface area (Å²) in [6.07, 6.45) is 0. The molecule has 1 amide bonds. The van der Waals surface area contributed by atoms with Gasteiger partial charge in [0.05, 0.1) is 26.3 Å². The molecule has 1 unspecified atom stereocenters. The van der Waals surface area contributed by atoms with E-state index in [1.807, 2.05) is 0 Å². The Bertz CT molecular complexity index is 1490. The Morgan fingerprint density at radius 1 is 1.00 bits per heavy atom. The number of halogens is 3. The van der Waals surface area contributed by atoms with Gasteiger partial charge in [-0.25, -0.2) is 0 Å². The van der Waals surface area contributed by atoms with Gasteiger partial charge in [0.1, 0.15) is 11.4 Å². The van der Waals surface area contributed by atoms with Gasteiger partial charge in [-0.3, -0.25) is 9.35 Å². The number of hydrogen-bond acceptors (Lipinski definition) is 7. The smallest absolute Gasteiger partial charge is 0.294 e. The molecule has 4 rings (SSSR count). The number of benzene rings is 3. The largest absolute Gasteiger partial charge is 0.453 e. The van der Waals surface area contributed by atoms with Crippen LogP contribution in [0.25, 0.3) is 0 Å². The van der Waals surface area contributed by atoms with Crippen LogP contribution in [0, 0.1) is 0 Å². The zero-order chi connectivity index (χ0) is 25.3. The standard InChI is InChI=1S/C22H15Cl3N4O5S/c1-12-21(22(30)29(28-12)18-11-14(35(31,32)33)7-8-15(18)24)27-26-17-4-2-3-5-20(17)34-19-9-6-13(23)10-16(19)25/h2-11,21H,1H3,(H,31,32,33). The minimum Gasteiger partial charge on any atom is -0.453 e. The second-order valence-corrected chi connectivity index (χ2v) is 9.91. The van der Waals surface area contributed by atoms with Gasteiger partial charge in [0.15, 0.2) is 11.8 Å². The lowest BCUT2D eigenvalue weighted by Crippen LogP contribution is -2.30. The maximum Gasteiger partial charge on any atom is 0.294 e. The molecular weight excluding hydrogens is 539 g/mol. The first-order valence-electron chi connectivity index (χ1n) is 9.83. The maximum atomic E-state index is 13.0. The topological polar surface area (TPSA) is 121 Å². The highest BCUT2D eigenvalue weighted by molar-refractivity contribution is 7.85. The minimum absolute atomic E-state index is 0.0232. The van der Waals surface area contributed by atoms with Crippen molar-refractivity contribution in [2.75, 3.05) is 5.01 Å². The van der Waals surface area contributed by atoms with Gasteiger partial charge < -0.3 is 4.74 Å². The summed E-state index contributed by atoms with van der Waals surface area (Å²) in [5, 5.41) is 14.2. The molecule has 13 heteroatoms. The van der Waals surface area contributed by atoms with Gasteiger partial charge in [-0.05, 0) is 55.5 Å². The third kappa shape index (κ3) is 5.47. The van der Waals surface area contributed by atoms with E-state index in [0.29, 0.717) is 32.9 Å². The Hall–Kier alpha value is -3.02. The Morgan fingerprint density at radius 3 is 2.46 bits per heavy atom. The van der Waals surface area contributed by atoms with Crippen molar-refractivity contribution >= 4 is 67.9 Å². The number of carbonyl (C=O) groups is 1. The van der Waals surface area contributed by atoms with Gasteiger partial charge >= 0.3 is 0 Å². The van der Waals surface area contributed by atoms with Crippen molar-refractivity contribution in [1.82, 2.24) is 0 Å². The molecule has 1 heterocycles. The predicted molar refractivity (Wildman–Crippen MR) is 133 cm³/mol. The number of hydrazone groups is 1. The van der Waals surface area contributed by atoms with Gasteiger partial charge in [0.2, 0.25) is 0 Å². The Kier molecular flexibility index (Phi) is 7.11. The number of rotatable bonds is 6. The fraction of sp³-hybridized carbons (Fsp3) is 0.0909. The van der Waals surface area contributed by atoms with Gasteiger partial charge in [-0.15, -0.1) is 0 Å². The predicted octanol–water partition coefficient (Wildman–Crippen LogP) is 6.56. The van der Waals surface area contributed by atoms with Crippen molar-refractivity contribution in [1.29, 1.82) is 0 Å². The molecule has 1 atom stereocenters. The highest BCUT2D eigenvalue weighted by atomic mass is 35.5. The van der Waals surface area contributed by atoms with Crippen molar-refractivity contribution in [3.05, 3.63) is 75.7 Å². The van der Waals surface area contributed by atoms with Gasteiger partial charge in [-0.2, -0.15) is 28.8 Å². The van der Waals surface area contributed by atoms with Gasteiger partial charge in [0, 0.05) is 5.02 Å². The summed E-state index contributed by atoms with van der Waals surface area (Å²) in [4.78, 5) is 12.6. The summed E-state index contributed by atoms with van der Waals surface area (Å²) in [5.41, 5.74) is 0.597. The van der Waals surface area contributed by atoms with E-state index < -0.39 is 27.0 Å². The maximum absolute atomic E-state index is 13.0. The highest BCUT2D eigenvalue weighted by Crippen LogP contribution is 2.37. The number of hydrogen-bond donors (Lipinski definition) is 1. The average Bonchev–Trinajstić information content (AvgIpc) is 3.07. The lowest BCUT2D eigenvalue weighted by Gasteiger charge is -2.15. The lowest BCUT2D eigenvalue weighted by atomic mass is 10.2. The van der Waals surface area contributed by atoms with Crippen LogP contribution in [0.4, 0.5) is 11.4 Å². The fourth-order valence-electron chi connectivity index (χ4n) is 3.10. The van der Waals surface area contributed by atoms with Crippen molar-refractivity contribution in [2.45, 2.75) is 17.9 Å². The molecule has 0 saturated carbocycles. The molecule has 1 aliphatic heterocycles. The third-order valence-electron chi connectivity index (χ3n) is 4.80. The number of anilines is 1. The molecule has 180 valence electrons. The van der Waals surface area contributed by atoms with E-state index in [0.717, 1.165) is 17.1 Å². The SMILES string of the molecule is CC1=NN(c2cc(S(=O)(=O)O)ccc2Cl)C(=O)C1N=Nc1ccccc1Oc1ccc(Cl)cc1Cl. The van der Waals surface area contributed by atoms with Crippen molar-refractivity contribution in [3.8, 4) is 11.5 Å². The molecule has 0 saturated heterocycles. The van der Waals surface area contributed by atoms with Crippen LogP contribution in [0.15, 0.2) is 80.9 Å². The van der Waals surface area contributed by atoms with E-state index in [-0.39, 0.29) is 10.7 Å². The Balaban J connectivity index is 1.60. The first-order valence-corrected chi connectivity index (χ1v) is 12.4. The van der Waals surface area contributed by atoms with E-state index in [9.17, 15) is 17.8 Å². The molecule has 1 N–H and O–H groups in total. The molecule has 1 aliphatic rings. The summed E-state index contributed by atoms with van der Waals surface area (Å²) in [5.74, 6) is 0.0778. The number of ether oxygens (including phenoxy) is 1. The summed E-state index contributed by atoms with van der Waals surface area (Å²) < 4.78 is 38.2. The first-order chi connectivity index (χ1) is 16.5. The van der Waals surface area contributed by atoms with Crippen LogP contribution in [0.5, 0.6) is 11.5 Å². The molecule has 0 fully saturated rings. The molecule has 35 heavy (non-hydrogen) atoms. The molecule has 3 aromatic rings. The second-order valence-electron chi connectivity index (χ2n) is 7.24. The van der Waals surface area contributed by atoms with E-state index >= 15 is 0 Å². The molecule has 3 aromatic carbocycles. The van der Waals surface area contributed by atoms with Crippen molar-refractivity contribution in [2.24, 2.45) is 15.3 Å². The molecule has 0 aromatic heterocycles. The highest BCUT2D eigenvalue weighted by Gasteiger charge is 2.36. The average molecular weight is 554 g/mol. The number of nitrogens with zero attached hydrogens (tertiary/aromatic N) is 4. The second kappa shape index (κ2) is 9.92. The number of carbonyl (C=O) groups excluding carboxylic acids is 1.